The summed E-state index contributed by atoms with van der Waals surface area (Å²) in [5, 5.41) is 0.462. The zero-order chi connectivity index (χ0) is 23.4. The molecule has 3 aromatic carbocycles. The number of halogens is 1. The molecule has 0 saturated heterocycles. The van der Waals surface area contributed by atoms with E-state index >= 15 is 0 Å². The number of amidine groups is 1. The predicted octanol–water partition coefficient (Wildman–Crippen LogP) is 5.71. The summed E-state index contributed by atoms with van der Waals surface area (Å²) in [5.41, 5.74) is 3.05. The summed E-state index contributed by atoms with van der Waals surface area (Å²) in [5.74, 6) is 0.344. The van der Waals surface area contributed by atoms with E-state index in [9.17, 15) is 14.0 Å². The van der Waals surface area contributed by atoms with E-state index in [-0.39, 0.29) is 23.2 Å². The fourth-order valence-electron chi connectivity index (χ4n) is 3.37. The molecule has 1 aliphatic rings. The van der Waals surface area contributed by atoms with Gasteiger partial charge in [0.15, 0.2) is 11.0 Å². The van der Waals surface area contributed by atoms with Gasteiger partial charge in [-0.2, -0.15) is 0 Å². The van der Waals surface area contributed by atoms with Gasteiger partial charge in [0.05, 0.1) is 12.8 Å². The summed E-state index contributed by atoms with van der Waals surface area (Å²) in [6.45, 7) is 1.51. The fourth-order valence-corrected chi connectivity index (χ4v) is 4.36. The summed E-state index contributed by atoms with van der Waals surface area (Å²) >= 11 is 1.34. The largest absolute Gasteiger partial charge is 0.496 e. The molecule has 5 nitrogen and oxygen atoms in total. The molecule has 0 N–H and O–H groups in total. The number of rotatable bonds is 6. The van der Waals surface area contributed by atoms with Crippen LogP contribution in [0.3, 0.4) is 0 Å². The van der Waals surface area contributed by atoms with Crippen LogP contribution in [0.1, 0.15) is 28.4 Å². The van der Waals surface area contributed by atoms with Crippen molar-refractivity contribution in [2.75, 3.05) is 12.0 Å². The summed E-state index contributed by atoms with van der Waals surface area (Å²) in [6, 6.07) is 20.4. The van der Waals surface area contributed by atoms with E-state index in [1.807, 2.05) is 30.3 Å². The first-order valence-corrected chi connectivity index (χ1v) is 11.2. The Morgan fingerprint density at radius 2 is 1.82 bits per heavy atom. The fraction of sp³-hybridized carbons (Fsp3) is 0.115. The van der Waals surface area contributed by atoms with Gasteiger partial charge in [-0.15, -0.1) is 0 Å². The molecule has 0 saturated carbocycles. The lowest BCUT2D eigenvalue weighted by Gasteiger charge is -2.18. The number of benzene rings is 3. The Bertz CT molecular complexity index is 1250. The maximum Gasteiger partial charge on any atom is 0.283 e. The molecule has 4 rings (SSSR count). The van der Waals surface area contributed by atoms with Gasteiger partial charge in [0.25, 0.3) is 5.91 Å². The first-order chi connectivity index (χ1) is 16.0. The van der Waals surface area contributed by atoms with Crippen LogP contribution in [-0.4, -0.2) is 24.0 Å². The standard InChI is InChI=1S/C26H21FN2O3S/c1-17(30)19-8-13-24(32-2)20(15-19)16-33-26-28-23(14-18-6-4-3-5-7-18)25(31)29(26)22-11-9-21(27)10-12-22/h3-15H,16H2,1-2H3. The van der Waals surface area contributed by atoms with E-state index in [4.69, 9.17) is 4.74 Å². The number of carbonyl (C=O) groups excluding carboxylic acids is 2. The highest BCUT2D eigenvalue weighted by atomic mass is 32.2. The second kappa shape index (κ2) is 9.83. The van der Waals surface area contributed by atoms with Crippen molar-refractivity contribution in [1.29, 1.82) is 0 Å². The van der Waals surface area contributed by atoms with Gasteiger partial charge < -0.3 is 4.74 Å². The molecular weight excluding hydrogens is 439 g/mol. The van der Waals surface area contributed by atoms with E-state index < -0.39 is 0 Å². The molecule has 0 radical (unpaired) electrons. The number of nitrogens with zero attached hydrogens (tertiary/aromatic N) is 2. The molecule has 7 heteroatoms. The van der Waals surface area contributed by atoms with E-state index in [1.54, 1.807) is 43.5 Å². The molecule has 0 fully saturated rings. The first-order valence-electron chi connectivity index (χ1n) is 10.2. The Hall–Kier alpha value is -3.71. The van der Waals surface area contributed by atoms with Crippen molar-refractivity contribution in [3.8, 4) is 5.75 Å². The Labute approximate surface area is 195 Å². The molecule has 1 aliphatic heterocycles. The van der Waals surface area contributed by atoms with Crippen LogP contribution in [-0.2, 0) is 10.5 Å². The molecule has 3 aromatic rings. The third-order valence-corrected chi connectivity index (χ3v) is 6.05. The summed E-state index contributed by atoms with van der Waals surface area (Å²) in [7, 11) is 1.57. The third kappa shape index (κ3) is 5.04. The summed E-state index contributed by atoms with van der Waals surface area (Å²) in [4.78, 5) is 31.1. The van der Waals surface area contributed by atoms with Crippen molar-refractivity contribution in [1.82, 2.24) is 0 Å². The van der Waals surface area contributed by atoms with Crippen LogP contribution >= 0.6 is 11.8 Å². The quantitative estimate of drug-likeness (QED) is 0.349. The second-order valence-corrected chi connectivity index (χ2v) is 8.27. The summed E-state index contributed by atoms with van der Waals surface area (Å²) in [6.07, 6.45) is 1.73. The van der Waals surface area contributed by atoms with E-state index in [2.05, 4.69) is 4.99 Å². The van der Waals surface area contributed by atoms with Crippen LogP contribution in [0.4, 0.5) is 10.1 Å². The number of hydrogen-bond donors (Lipinski definition) is 0. The highest BCUT2D eigenvalue weighted by Crippen LogP contribution is 2.33. The highest BCUT2D eigenvalue weighted by molar-refractivity contribution is 8.13. The lowest BCUT2D eigenvalue weighted by Crippen LogP contribution is -2.30. The van der Waals surface area contributed by atoms with Crippen molar-refractivity contribution in [2.45, 2.75) is 12.7 Å². The lowest BCUT2D eigenvalue weighted by atomic mass is 10.1. The molecule has 0 spiro atoms. The van der Waals surface area contributed by atoms with Crippen molar-refractivity contribution in [3.63, 3.8) is 0 Å². The van der Waals surface area contributed by atoms with Gasteiger partial charge in [-0.1, -0.05) is 42.1 Å². The van der Waals surface area contributed by atoms with Gasteiger partial charge in [-0.3, -0.25) is 14.5 Å². The minimum atomic E-state index is -0.387. The van der Waals surface area contributed by atoms with E-state index in [0.29, 0.717) is 27.9 Å². The molecule has 33 heavy (non-hydrogen) atoms. The number of ether oxygens (including phenoxy) is 1. The number of amides is 1. The lowest BCUT2D eigenvalue weighted by molar-refractivity contribution is -0.113. The van der Waals surface area contributed by atoms with Crippen LogP contribution in [0, 0.1) is 5.82 Å². The number of methoxy groups -OCH3 is 1. The van der Waals surface area contributed by atoms with Gasteiger partial charge in [-0.25, -0.2) is 9.38 Å². The number of ketones is 1. The molecule has 0 bridgehead atoms. The maximum absolute atomic E-state index is 13.5. The van der Waals surface area contributed by atoms with Crippen LogP contribution in [0.15, 0.2) is 83.5 Å². The number of thioether (sulfide) groups is 1. The topological polar surface area (TPSA) is 59.0 Å². The van der Waals surface area contributed by atoms with Crippen LogP contribution in [0.25, 0.3) is 6.08 Å². The van der Waals surface area contributed by atoms with Gasteiger partial charge in [0, 0.05) is 16.9 Å². The molecule has 166 valence electrons. The average Bonchev–Trinajstić information content (AvgIpc) is 3.13. The number of hydrogen-bond acceptors (Lipinski definition) is 5. The smallest absolute Gasteiger partial charge is 0.283 e. The highest BCUT2D eigenvalue weighted by Gasteiger charge is 2.32. The molecule has 1 heterocycles. The zero-order valence-electron chi connectivity index (χ0n) is 18.1. The molecule has 1 amide bonds. The Kier molecular flexibility index (Phi) is 6.70. The minimum Gasteiger partial charge on any atom is -0.496 e. The molecular formula is C26H21FN2O3S. The van der Waals surface area contributed by atoms with Gasteiger partial charge in [0.2, 0.25) is 0 Å². The molecule has 0 aromatic heterocycles. The van der Waals surface area contributed by atoms with Crippen LogP contribution < -0.4 is 9.64 Å². The van der Waals surface area contributed by atoms with Gasteiger partial charge in [-0.05, 0) is 61.0 Å². The van der Waals surface area contributed by atoms with Crippen molar-refractivity contribution in [3.05, 3.63) is 101 Å². The van der Waals surface area contributed by atoms with Crippen molar-refractivity contribution < 1.29 is 18.7 Å². The first kappa shape index (κ1) is 22.5. The number of anilines is 1. The van der Waals surface area contributed by atoms with E-state index in [1.165, 1.54) is 35.7 Å². The Morgan fingerprint density at radius 1 is 1.09 bits per heavy atom. The number of Topliss-reactive ketones (excluding diaryl/α,β-unsaturated/α-hetero) is 1. The monoisotopic (exact) mass is 460 g/mol. The second-order valence-electron chi connectivity index (χ2n) is 7.32. The number of aliphatic imine (C=N–C) groups is 1. The van der Waals surface area contributed by atoms with Gasteiger partial charge >= 0.3 is 0 Å². The van der Waals surface area contributed by atoms with Crippen LogP contribution in [0.2, 0.25) is 0 Å². The van der Waals surface area contributed by atoms with Crippen molar-refractivity contribution in [2.24, 2.45) is 4.99 Å². The maximum atomic E-state index is 13.5. The molecule has 0 unspecified atom stereocenters. The third-order valence-electron chi connectivity index (χ3n) is 5.06. The zero-order valence-corrected chi connectivity index (χ0v) is 18.9. The SMILES string of the molecule is COc1ccc(C(C)=O)cc1CSC1=NC(=Cc2ccccc2)C(=O)N1c1ccc(F)cc1. The predicted molar refractivity (Wildman–Crippen MR) is 130 cm³/mol. The van der Waals surface area contributed by atoms with Crippen LogP contribution in [0.5, 0.6) is 5.75 Å². The Balaban J connectivity index is 1.68. The van der Waals surface area contributed by atoms with Gasteiger partial charge in [0.1, 0.15) is 17.3 Å². The minimum absolute atomic E-state index is 0.0432. The Morgan fingerprint density at radius 3 is 2.48 bits per heavy atom. The molecule has 0 aliphatic carbocycles. The average molecular weight is 461 g/mol. The van der Waals surface area contributed by atoms with Crippen molar-refractivity contribution >= 4 is 40.4 Å². The number of carbonyl (C=O) groups is 2. The molecule has 0 atom stereocenters. The summed E-state index contributed by atoms with van der Waals surface area (Å²) < 4.78 is 18.9. The van der Waals surface area contributed by atoms with E-state index in [0.717, 1.165) is 11.1 Å². The normalized spacial score (nSPS) is 14.5.